The van der Waals surface area contributed by atoms with E-state index < -0.39 is 0 Å². The quantitative estimate of drug-likeness (QED) is 0.492. The van der Waals surface area contributed by atoms with Crippen LogP contribution in [0.25, 0.3) is 11.1 Å². The van der Waals surface area contributed by atoms with Gasteiger partial charge in [0.25, 0.3) is 0 Å². The Kier molecular flexibility index (Phi) is 6.84. The molecule has 0 fully saturated rings. The molecule has 3 heteroatoms. The standard InChI is InChI=1S/C12H10.H3N.H2O2/c1-3-7-11(8-4-1)12-9-5-2-6-10-12;;1-2/h1-10H;1H3;1-2H. The van der Waals surface area contributed by atoms with E-state index in [1.165, 1.54) is 11.1 Å². The summed E-state index contributed by atoms with van der Waals surface area (Å²) in [5.74, 6) is 0. The second-order valence-electron chi connectivity index (χ2n) is 2.73. The third-order valence-corrected chi connectivity index (χ3v) is 1.88. The van der Waals surface area contributed by atoms with E-state index in [2.05, 4.69) is 48.5 Å². The zero-order chi connectivity index (χ0) is 10.2. The van der Waals surface area contributed by atoms with Gasteiger partial charge in [-0.1, -0.05) is 60.7 Å². The summed E-state index contributed by atoms with van der Waals surface area (Å²) < 4.78 is 0. The minimum Gasteiger partial charge on any atom is -0.344 e. The van der Waals surface area contributed by atoms with Gasteiger partial charge < -0.3 is 6.15 Å². The van der Waals surface area contributed by atoms with Gasteiger partial charge in [0.05, 0.1) is 0 Å². The summed E-state index contributed by atoms with van der Waals surface area (Å²) in [6.45, 7) is 0. The van der Waals surface area contributed by atoms with Crippen LogP contribution in [-0.2, 0) is 0 Å². The van der Waals surface area contributed by atoms with Crippen LogP contribution in [0.3, 0.4) is 0 Å². The zero-order valence-corrected chi connectivity index (χ0v) is 8.38. The van der Waals surface area contributed by atoms with E-state index in [0.717, 1.165) is 0 Å². The molecule has 0 atom stereocenters. The van der Waals surface area contributed by atoms with Crippen molar-refractivity contribution in [3.8, 4) is 11.1 Å². The third-order valence-electron chi connectivity index (χ3n) is 1.88. The van der Waals surface area contributed by atoms with Crippen LogP contribution in [0, 0.1) is 0 Å². The van der Waals surface area contributed by atoms with Crippen molar-refractivity contribution in [2.45, 2.75) is 0 Å². The summed E-state index contributed by atoms with van der Waals surface area (Å²) in [5, 5.41) is 12.0. The molecule has 0 aliphatic carbocycles. The molecule has 0 aliphatic rings. The van der Waals surface area contributed by atoms with Gasteiger partial charge in [-0.3, -0.25) is 10.5 Å². The molecule has 0 aromatic heterocycles. The Bertz CT molecular complexity index is 311. The van der Waals surface area contributed by atoms with Crippen LogP contribution in [0.2, 0.25) is 0 Å². The molecule has 0 heterocycles. The maximum absolute atomic E-state index is 6.00. The molecule has 0 spiro atoms. The summed E-state index contributed by atoms with van der Waals surface area (Å²) in [6.07, 6.45) is 0. The predicted octanol–water partition coefficient (Wildman–Crippen LogP) is 3.53. The monoisotopic (exact) mass is 205 g/mol. The maximum atomic E-state index is 6.00. The number of hydrogen-bond acceptors (Lipinski definition) is 3. The first kappa shape index (κ1) is 13.3. The van der Waals surface area contributed by atoms with Crippen LogP contribution >= 0.6 is 0 Å². The van der Waals surface area contributed by atoms with Gasteiger partial charge in [0.2, 0.25) is 0 Å². The van der Waals surface area contributed by atoms with Gasteiger partial charge in [0.15, 0.2) is 0 Å². The largest absolute Gasteiger partial charge is 0.344 e. The van der Waals surface area contributed by atoms with Crippen molar-refractivity contribution in [1.82, 2.24) is 6.15 Å². The minimum atomic E-state index is 0. The van der Waals surface area contributed by atoms with Crippen LogP contribution in [0.15, 0.2) is 60.7 Å². The van der Waals surface area contributed by atoms with E-state index in [-0.39, 0.29) is 6.15 Å². The van der Waals surface area contributed by atoms with E-state index in [0.29, 0.717) is 0 Å². The van der Waals surface area contributed by atoms with Crippen molar-refractivity contribution in [2.75, 3.05) is 0 Å². The van der Waals surface area contributed by atoms with Crippen molar-refractivity contribution in [1.29, 1.82) is 0 Å². The summed E-state index contributed by atoms with van der Waals surface area (Å²) in [4.78, 5) is 0. The molecule has 3 nitrogen and oxygen atoms in total. The molecule has 0 amide bonds. The van der Waals surface area contributed by atoms with Crippen LogP contribution in [-0.4, -0.2) is 10.5 Å². The molecule has 15 heavy (non-hydrogen) atoms. The second kappa shape index (κ2) is 7.70. The normalized spacial score (nSPS) is 8.13. The number of rotatable bonds is 1. The van der Waals surface area contributed by atoms with Gasteiger partial charge >= 0.3 is 0 Å². The predicted molar refractivity (Wildman–Crippen MR) is 62.2 cm³/mol. The third kappa shape index (κ3) is 3.91. The van der Waals surface area contributed by atoms with Crippen molar-refractivity contribution < 1.29 is 10.5 Å². The lowest BCUT2D eigenvalue weighted by molar-refractivity contribution is -0.176. The highest BCUT2D eigenvalue weighted by Crippen LogP contribution is 2.17. The molecule has 2 aromatic rings. The summed E-state index contributed by atoms with van der Waals surface area (Å²) in [5.41, 5.74) is 2.55. The molecular formula is C12H15NO2. The van der Waals surface area contributed by atoms with E-state index in [4.69, 9.17) is 10.5 Å². The Balaban J connectivity index is 0.000000617. The average molecular weight is 205 g/mol. The van der Waals surface area contributed by atoms with E-state index in [1.807, 2.05) is 12.1 Å². The van der Waals surface area contributed by atoms with Crippen molar-refractivity contribution in [3.05, 3.63) is 60.7 Å². The van der Waals surface area contributed by atoms with Crippen molar-refractivity contribution in [3.63, 3.8) is 0 Å². The van der Waals surface area contributed by atoms with E-state index in [1.54, 1.807) is 0 Å². The number of benzene rings is 2. The zero-order valence-electron chi connectivity index (χ0n) is 8.38. The van der Waals surface area contributed by atoms with Gasteiger partial charge in [0.1, 0.15) is 0 Å². The molecule has 0 saturated carbocycles. The Morgan fingerprint density at radius 3 is 1.07 bits per heavy atom. The van der Waals surface area contributed by atoms with E-state index in [9.17, 15) is 0 Å². The Morgan fingerprint density at radius 2 is 0.800 bits per heavy atom. The Labute approximate surface area is 89.1 Å². The molecule has 0 radical (unpaired) electrons. The first-order valence-corrected chi connectivity index (χ1v) is 4.27. The fraction of sp³-hybridized carbons (Fsp3) is 0. The van der Waals surface area contributed by atoms with Crippen molar-refractivity contribution >= 4 is 0 Å². The molecule has 0 saturated heterocycles. The minimum absolute atomic E-state index is 0. The maximum Gasteiger partial charge on any atom is -0.0184 e. The highest BCUT2D eigenvalue weighted by Gasteiger charge is 1.91. The molecule has 0 bridgehead atoms. The molecule has 80 valence electrons. The van der Waals surface area contributed by atoms with Crippen LogP contribution in [0.1, 0.15) is 0 Å². The smallest absolute Gasteiger partial charge is 0.0184 e. The van der Waals surface area contributed by atoms with Crippen LogP contribution in [0.5, 0.6) is 0 Å². The summed E-state index contributed by atoms with van der Waals surface area (Å²) >= 11 is 0. The van der Waals surface area contributed by atoms with Gasteiger partial charge in [0, 0.05) is 0 Å². The Hall–Kier alpha value is -1.68. The lowest BCUT2D eigenvalue weighted by Crippen LogP contribution is -1.73. The molecular weight excluding hydrogens is 190 g/mol. The number of hydrogen-bond donors (Lipinski definition) is 3. The molecule has 0 aliphatic heterocycles. The SMILES string of the molecule is N.OO.c1ccc(-c2ccccc2)cc1. The lowest BCUT2D eigenvalue weighted by Gasteiger charge is -1.98. The van der Waals surface area contributed by atoms with Gasteiger partial charge in [-0.05, 0) is 11.1 Å². The van der Waals surface area contributed by atoms with E-state index >= 15 is 0 Å². The first-order chi connectivity index (χ1) is 6.97. The molecule has 2 aromatic carbocycles. The molecule has 5 N–H and O–H groups in total. The highest BCUT2D eigenvalue weighted by atomic mass is 17.0. The fourth-order valence-electron chi connectivity index (χ4n) is 1.26. The van der Waals surface area contributed by atoms with Gasteiger partial charge in [-0.25, -0.2) is 0 Å². The van der Waals surface area contributed by atoms with Gasteiger partial charge in [-0.15, -0.1) is 0 Å². The molecule has 0 unspecified atom stereocenters. The van der Waals surface area contributed by atoms with Crippen molar-refractivity contribution in [2.24, 2.45) is 0 Å². The van der Waals surface area contributed by atoms with Crippen LogP contribution < -0.4 is 6.15 Å². The fourth-order valence-corrected chi connectivity index (χ4v) is 1.26. The summed E-state index contributed by atoms with van der Waals surface area (Å²) in [6, 6.07) is 20.8. The second-order valence-corrected chi connectivity index (χ2v) is 2.73. The lowest BCUT2D eigenvalue weighted by atomic mass is 10.1. The van der Waals surface area contributed by atoms with Gasteiger partial charge in [-0.2, -0.15) is 0 Å². The molecule has 2 rings (SSSR count). The van der Waals surface area contributed by atoms with Crippen LogP contribution in [0.4, 0.5) is 0 Å². The first-order valence-electron chi connectivity index (χ1n) is 4.27. The highest BCUT2D eigenvalue weighted by molar-refractivity contribution is 5.62. The topological polar surface area (TPSA) is 75.5 Å². The average Bonchev–Trinajstić information content (AvgIpc) is 2.34. The Morgan fingerprint density at radius 1 is 0.533 bits per heavy atom. The summed E-state index contributed by atoms with van der Waals surface area (Å²) in [7, 11) is 0.